The monoisotopic (exact) mass is 223 g/mol. The second-order valence-electron chi connectivity index (χ2n) is 3.82. The van der Waals surface area contributed by atoms with Gasteiger partial charge in [-0.1, -0.05) is 0 Å². The Morgan fingerprint density at radius 2 is 1.94 bits per heavy atom. The first kappa shape index (κ1) is 10.8. The maximum Gasteiger partial charge on any atom is 0.150 e. The van der Waals surface area contributed by atoms with E-state index in [1.807, 2.05) is 0 Å². The molecule has 0 aliphatic carbocycles. The molecule has 1 saturated heterocycles. The fraction of sp³-hybridized carbons (Fsp3) is 0.364. The van der Waals surface area contributed by atoms with E-state index >= 15 is 0 Å². The molecule has 0 amide bonds. The predicted octanol–water partition coefficient (Wildman–Crippen LogP) is 1.24. The summed E-state index contributed by atoms with van der Waals surface area (Å²) in [4.78, 5) is 1.57. The van der Waals surface area contributed by atoms with Gasteiger partial charge in [-0.2, -0.15) is 5.26 Å². The Morgan fingerprint density at radius 3 is 2.31 bits per heavy atom. The number of nitriles is 1. The van der Waals surface area contributed by atoms with Gasteiger partial charge in [-0.05, 0) is 12.1 Å². The minimum Gasteiger partial charge on any atom is -0.364 e. The molecular weight excluding hydrogens is 212 g/mol. The number of halogens is 2. The summed E-state index contributed by atoms with van der Waals surface area (Å²) in [7, 11) is 1.65. The zero-order valence-corrected chi connectivity index (χ0v) is 8.80. The maximum atomic E-state index is 13.6. The van der Waals surface area contributed by atoms with Crippen molar-refractivity contribution < 1.29 is 8.78 Å². The Hall–Kier alpha value is -1.67. The first-order chi connectivity index (χ1) is 7.63. The number of nitrogens with zero attached hydrogens (tertiary/aromatic N) is 2. The van der Waals surface area contributed by atoms with E-state index in [9.17, 15) is 8.78 Å². The molecule has 0 radical (unpaired) electrons. The molecule has 1 aliphatic heterocycles. The zero-order valence-electron chi connectivity index (χ0n) is 8.80. The highest BCUT2D eigenvalue weighted by molar-refractivity contribution is 5.53. The quantitative estimate of drug-likeness (QED) is 0.820. The van der Waals surface area contributed by atoms with Gasteiger partial charge >= 0.3 is 0 Å². The third-order valence-corrected chi connectivity index (χ3v) is 2.81. The van der Waals surface area contributed by atoms with Crippen LogP contribution in [0.2, 0.25) is 0 Å². The van der Waals surface area contributed by atoms with Gasteiger partial charge in [-0.15, -0.1) is 0 Å². The van der Waals surface area contributed by atoms with Gasteiger partial charge in [0.1, 0.15) is 5.69 Å². The van der Waals surface area contributed by atoms with Gasteiger partial charge in [-0.3, -0.25) is 0 Å². The van der Waals surface area contributed by atoms with Crippen molar-refractivity contribution in [2.45, 2.75) is 6.04 Å². The molecule has 3 nitrogen and oxygen atoms in total. The lowest BCUT2D eigenvalue weighted by Gasteiger charge is -2.37. The molecule has 84 valence electrons. The van der Waals surface area contributed by atoms with Crippen LogP contribution < -0.4 is 10.2 Å². The van der Waals surface area contributed by atoms with Gasteiger partial charge in [-0.25, -0.2) is 8.78 Å². The molecule has 1 fully saturated rings. The summed E-state index contributed by atoms with van der Waals surface area (Å²) in [5.74, 6) is -1.38. The molecule has 0 spiro atoms. The standard InChI is InChI=1S/C11H11F2N3/c1-16(8-5-15-6-8)11-9(12)2-7(4-14)3-10(11)13/h2-3,8,15H,5-6H2,1H3. The van der Waals surface area contributed by atoms with Crippen molar-refractivity contribution in [3.05, 3.63) is 29.3 Å². The Balaban J connectivity index is 2.36. The topological polar surface area (TPSA) is 39.1 Å². The van der Waals surface area contributed by atoms with Crippen LogP contribution in [0.5, 0.6) is 0 Å². The van der Waals surface area contributed by atoms with Crippen LogP contribution in [0, 0.1) is 23.0 Å². The summed E-state index contributed by atoms with van der Waals surface area (Å²) >= 11 is 0. The zero-order chi connectivity index (χ0) is 11.7. The third kappa shape index (κ3) is 1.72. The molecule has 1 N–H and O–H groups in total. The van der Waals surface area contributed by atoms with Crippen LogP contribution in [0.3, 0.4) is 0 Å². The second-order valence-corrected chi connectivity index (χ2v) is 3.82. The van der Waals surface area contributed by atoms with E-state index in [1.54, 1.807) is 18.0 Å². The van der Waals surface area contributed by atoms with Gasteiger partial charge in [0.15, 0.2) is 11.6 Å². The average Bonchev–Trinajstić information content (AvgIpc) is 2.13. The van der Waals surface area contributed by atoms with Crippen molar-refractivity contribution in [1.29, 1.82) is 5.26 Å². The predicted molar refractivity (Wildman–Crippen MR) is 56.1 cm³/mol. The molecule has 0 bridgehead atoms. The normalized spacial score (nSPS) is 15.4. The van der Waals surface area contributed by atoms with Crippen molar-refractivity contribution in [3.63, 3.8) is 0 Å². The lowest BCUT2D eigenvalue weighted by molar-refractivity contribution is 0.420. The van der Waals surface area contributed by atoms with Gasteiger partial charge < -0.3 is 10.2 Å². The van der Waals surface area contributed by atoms with E-state index in [0.717, 1.165) is 25.2 Å². The van der Waals surface area contributed by atoms with E-state index in [0.29, 0.717) is 0 Å². The van der Waals surface area contributed by atoms with Crippen molar-refractivity contribution in [3.8, 4) is 6.07 Å². The lowest BCUT2D eigenvalue weighted by Crippen LogP contribution is -2.56. The number of anilines is 1. The molecule has 16 heavy (non-hydrogen) atoms. The third-order valence-electron chi connectivity index (χ3n) is 2.81. The first-order valence-electron chi connectivity index (χ1n) is 4.96. The van der Waals surface area contributed by atoms with Gasteiger partial charge in [0.2, 0.25) is 0 Å². The molecule has 0 aromatic heterocycles. The summed E-state index contributed by atoms with van der Waals surface area (Å²) in [5.41, 5.74) is -0.0654. The van der Waals surface area contributed by atoms with Crippen LogP contribution in [0.15, 0.2) is 12.1 Å². The summed E-state index contributed by atoms with van der Waals surface area (Å²) in [6.45, 7) is 1.44. The summed E-state index contributed by atoms with van der Waals surface area (Å²) in [5, 5.41) is 11.6. The minimum atomic E-state index is -0.689. The summed E-state index contributed by atoms with van der Waals surface area (Å²) in [6.07, 6.45) is 0. The largest absolute Gasteiger partial charge is 0.364 e. The molecule has 2 rings (SSSR count). The van der Waals surface area contributed by atoms with E-state index in [-0.39, 0.29) is 17.3 Å². The van der Waals surface area contributed by atoms with Crippen LogP contribution >= 0.6 is 0 Å². The van der Waals surface area contributed by atoms with Gasteiger partial charge in [0.05, 0.1) is 17.7 Å². The fourth-order valence-corrected chi connectivity index (χ4v) is 1.70. The van der Waals surface area contributed by atoms with Crippen LogP contribution in [0.4, 0.5) is 14.5 Å². The fourth-order valence-electron chi connectivity index (χ4n) is 1.70. The van der Waals surface area contributed by atoms with E-state index in [2.05, 4.69) is 5.32 Å². The molecular formula is C11H11F2N3. The highest BCUT2D eigenvalue weighted by Gasteiger charge is 2.26. The second kappa shape index (κ2) is 4.06. The SMILES string of the molecule is CN(c1c(F)cc(C#N)cc1F)C1CNC1. The van der Waals surface area contributed by atoms with Gasteiger partial charge in [0.25, 0.3) is 0 Å². The van der Waals surface area contributed by atoms with Crippen LogP contribution in [-0.2, 0) is 0 Å². The molecule has 1 heterocycles. The first-order valence-corrected chi connectivity index (χ1v) is 4.96. The molecule has 0 saturated carbocycles. The average molecular weight is 223 g/mol. The molecule has 1 aliphatic rings. The van der Waals surface area contributed by atoms with Crippen molar-refractivity contribution >= 4 is 5.69 Å². The number of hydrogen-bond donors (Lipinski definition) is 1. The number of benzene rings is 1. The summed E-state index contributed by atoms with van der Waals surface area (Å²) in [6, 6.07) is 3.94. The van der Waals surface area contributed by atoms with Crippen LogP contribution in [0.25, 0.3) is 0 Å². The Labute approximate surface area is 92.3 Å². The molecule has 5 heteroatoms. The summed E-state index contributed by atoms with van der Waals surface area (Å²) < 4.78 is 27.2. The van der Waals surface area contributed by atoms with Crippen LogP contribution in [0.1, 0.15) is 5.56 Å². The Morgan fingerprint density at radius 1 is 1.38 bits per heavy atom. The number of nitrogens with one attached hydrogen (secondary N) is 1. The lowest BCUT2D eigenvalue weighted by atomic mass is 10.1. The van der Waals surface area contributed by atoms with Gasteiger partial charge in [0, 0.05) is 20.1 Å². The smallest absolute Gasteiger partial charge is 0.150 e. The Bertz CT molecular complexity index is 426. The van der Waals surface area contributed by atoms with Crippen molar-refractivity contribution in [1.82, 2.24) is 5.32 Å². The molecule has 1 aromatic rings. The maximum absolute atomic E-state index is 13.6. The molecule has 1 aromatic carbocycles. The highest BCUT2D eigenvalue weighted by atomic mass is 19.1. The van der Waals surface area contributed by atoms with E-state index in [4.69, 9.17) is 5.26 Å². The highest BCUT2D eigenvalue weighted by Crippen LogP contribution is 2.26. The van der Waals surface area contributed by atoms with Crippen molar-refractivity contribution in [2.24, 2.45) is 0 Å². The van der Waals surface area contributed by atoms with E-state index < -0.39 is 11.6 Å². The Kier molecular flexibility index (Phi) is 2.75. The molecule has 0 unspecified atom stereocenters. The van der Waals surface area contributed by atoms with Crippen LogP contribution in [-0.4, -0.2) is 26.2 Å². The number of hydrogen-bond acceptors (Lipinski definition) is 3. The van der Waals surface area contributed by atoms with E-state index in [1.165, 1.54) is 0 Å². The molecule has 0 atom stereocenters. The minimum absolute atomic E-state index is 0.00103. The number of rotatable bonds is 2. The number of likely N-dealkylation sites (N-methyl/N-ethyl adjacent to an activating group) is 1. The van der Waals surface area contributed by atoms with Crippen molar-refractivity contribution in [2.75, 3.05) is 25.0 Å².